The van der Waals surface area contributed by atoms with Crippen LogP contribution in [0.25, 0.3) is 0 Å². The van der Waals surface area contributed by atoms with Crippen LogP contribution < -0.4 is 19.1 Å². The lowest BCUT2D eigenvalue weighted by Crippen LogP contribution is -2.23. The topological polar surface area (TPSA) is 30.9 Å². The Labute approximate surface area is 114 Å². The van der Waals surface area contributed by atoms with Gasteiger partial charge in [0.15, 0.2) is 11.5 Å². The third kappa shape index (κ3) is 3.26. The molecule has 4 nitrogen and oxygen atoms in total. The van der Waals surface area contributed by atoms with Gasteiger partial charge in [-0.15, -0.1) is 12.8 Å². The SMILES string of the molecule is C#CCN(CC#C)c1cc(OC)c(OC)c(OC)c1. The molecule has 0 spiro atoms. The summed E-state index contributed by atoms with van der Waals surface area (Å²) in [5.74, 6) is 6.81. The van der Waals surface area contributed by atoms with E-state index < -0.39 is 0 Å². The molecule has 0 saturated carbocycles. The van der Waals surface area contributed by atoms with E-state index in [0.29, 0.717) is 30.3 Å². The van der Waals surface area contributed by atoms with Gasteiger partial charge in [0.1, 0.15) is 0 Å². The second-order valence-electron chi connectivity index (χ2n) is 3.65. The van der Waals surface area contributed by atoms with Crippen molar-refractivity contribution in [2.45, 2.75) is 0 Å². The van der Waals surface area contributed by atoms with Crippen LogP contribution in [-0.2, 0) is 0 Å². The summed E-state index contributed by atoms with van der Waals surface area (Å²) in [5.41, 5.74) is 0.824. The van der Waals surface area contributed by atoms with Crippen molar-refractivity contribution in [3.8, 4) is 41.9 Å². The summed E-state index contributed by atoms with van der Waals surface area (Å²) < 4.78 is 15.8. The highest BCUT2D eigenvalue weighted by molar-refractivity contribution is 5.64. The molecular formula is C15H17NO3. The number of benzene rings is 1. The van der Waals surface area contributed by atoms with Gasteiger partial charge in [0.05, 0.1) is 34.4 Å². The van der Waals surface area contributed by atoms with Gasteiger partial charge in [-0.3, -0.25) is 0 Å². The molecule has 0 aromatic heterocycles. The summed E-state index contributed by atoms with van der Waals surface area (Å²) in [5, 5.41) is 0. The van der Waals surface area contributed by atoms with Gasteiger partial charge in [-0.25, -0.2) is 0 Å². The molecule has 1 aromatic rings. The van der Waals surface area contributed by atoms with E-state index in [4.69, 9.17) is 27.1 Å². The minimum absolute atomic E-state index is 0.406. The number of terminal acetylenes is 2. The molecule has 1 aromatic carbocycles. The van der Waals surface area contributed by atoms with Crippen LogP contribution >= 0.6 is 0 Å². The predicted octanol–water partition coefficient (Wildman–Crippen LogP) is 1.79. The van der Waals surface area contributed by atoms with Crippen molar-refractivity contribution < 1.29 is 14.2 Å². The Kier molecular flexibility index (Phi) is 5.44. The fourth-order valence-electron chi connectivity index (χ4n) is 1.71. The molecule has 0 amide bonds. The van der Waals surface area contributed by atoms with Crippen molar-refractivity contribution in [1.29, 1.82) is 0 Å². The van der Waals surface area contributed by atoms with Gasteiger partial charge in [0.25, 0.3) is 0 Å². The highest BCUT2D eigenvalue weighted by Gasteiger charge is 2.15. The molecule has 100 valence electrons. The second-order valence-corrected chi connectivity index (χ2v) is 3.65. The van der Waals surface area contributed by atoms with Gasteiger partial charge in [-0.2, -0.15) is 0 Å². The van der Waals surface area contributed by atoms with Crippen LogP contribution in [0.5, 0.6) is 17.2 Å². The Balaban J connectivity index is 3.28. The van der Waals surface area contributed by atoms with Gasteiger partial charge in [0.2, 0.25) is 5.75 Å². The minimum atomic E-state index is 0.406. The molecule has 0 aliphatic carbocycles. The van der Waals surface area contributed by atoms with Crippen LogP contribution in [0, 0.1) is 24.7 Å². The first-order valence-electron chi connectivity index (χ1n) is 5.63. The second kappa shape index (κ2) is 7.08. The molecule has 0 heterocycles. The van der Waals surface area contributed by atoms with E-state index in [1.165, 1.54) is 0 Å². The van der Waals surface area contributed by atoms with Crippen LogP contribution in [0.1, 0.15) is 0 Å². The van der Waals surface area contributed by atoms with Crippen LogP contribution in [0.3, 0.4) is 0 Å². The molecule has 0 unspecified atom stereocenters. The number of hydrogen-bond donors (Lipinski definition) is 0. The van der Waals surface area contributed by atoms with Gasteiger partial charge >= 0.3 is 0 Å². The zero-order chi connectivity index (χ0) is 14.3. The molecule has 0 N–H and O–H groups in total. The van der Waals surface area contributed by atoms with E-state index in [2.05, 4.69) is 11.8 Å². The first kappa shape index (κ1) is 14.6. The first-order chi connectivity index (χ1) is 9.21. The summed E-state index contributed by atoms with van der Waals surface area (Å²) in [6, 6.07) is 3.63. The fourth-order valence-corrected chi connectivity index (χ4v) is 1.71. The molecule has 4 heteroatoms. The molecule has 1 rings (SSSR count). The molecule has 0 aliphatic heterocycles. The van der Waals surface area contributed by atoms with E-state index in [9.17, 15) is 0 Å². The van der Waals surface area contributed by atoms with Crippen molar-refractivity contribution in [3.63, 3.8) is 0 Å². The molecule has 0 fully saturated rings. The van der Waals surface area contributed by atoms with E-state index in [1.807, 2.05) is 17.0 Å². The maximum atomic E-state index is 5.35. The van der Waals surface area contributed by atoms with Crippen molar-refractivity contribution >= 4 is 5.69 Å². The van der Waals surface area contributed by atoms with Crippen LogP contribution in [0.4, 0.5) is 5.69 Å². The third-order valence-corrected chi connectivity index (χ3v) is 2.58. The standard InChI is InChI=1S/C15H17NO3/c1-6-8-16(9-7-2)12-10-13(17-3)15(19-5)14(11-12)18-4/h1-2,10-11H,8-9H2,3-5H3. The van der Waals surface area contributed by atoms with Gasteiger partial charge in [-0.1, -0.05) is 11.8 Å². The van der Waals surface area contributed by atoms with Crippen molar-refractivity contribution in [2.75, 3.05) is 39.3 Å². The van der Waals surface area contributed by atoms with Crippen molar-refractivity contribution in [1.82, 2.24) is 0 Å². The van der Waals surface area contributed by atoms with Crippen molar-refractivity contribution in [2.24, 2.45) is 0 Å². The maximum absolute atomic E-state index is 5.35. The van der Waals surface area contributed by atoms with Crippen molar-refractivity contribution in [3.05, 3.63) is 12.1 Å². The Morgan fingerprint density at radius 3 is 1.74 bits per heavy atom. The molecule has 0 radical (unpaired) electrons. The molecule has 0 aliphatic rings. The average Bonchev–Trinajstić information content (AvgIpc) is 2.45. The number of anilines is 1. The van der Waals surface area contributed by atoms with E-state index in [0.717, 1.165) is 5.69 Å². The number of methoxy groups -OCH3 is 3. The van der Waals surface area contributed by atoms with Crippen LogP contribution in [-0.4, -0.2) is 34.4 Å². The summed E-state index contributed by atoms with van der Waals surface area (Å²) in [4.78, 5) is 1.87. The lowest BCUT2D eigenvalue weighted by molar-refractivity contribution is 0.324. The monoisotopic (exact) mass is 259 g/mol. The summed E-state index contributed by atoms with van der Waals surface area (Å²) in [7, 11) is 4.68. The zero-order valence-electron chi connectivity index (χ0n) is 11.4. The predicted molar refractivity (Wildman–Crippen MR) is 76.0 cm³/mol. The zero-order valence-corrected chi connectivity index (χ0v) is 11.4. The Hall–Kier alpha value is -2.46. The molecule has 0 saturated heterocycles. The summed E-state index contributed by atoms with van der Waals surface area (Å²) in [6.07, 6.45) is 10.7. The quantitative estimate of drug-likeness (QED) is 0.729. The van der Waals surface area contributed by atoms with Gasteiger partial charge < -0.3 is 19.1 Å². The Morgan fingerprint density at radius 2 is 1.42 bits per heavy atom. The lowest BCUT2D eigenvalue weighted by atomic mass is 10.2. The number of hydrogen-bond acceptors (Lipinski definition) is 4. The molecular weight excluding hydrogens is 242 g/mol. The number of rotatable bonds is 6. The summed E-state index contributed by atoms with van der Waals surface area (Å²) >= 11 is 0. The number of ether oxygens (including phenoxy) is 3. The highest BCUT2D eigenvalue weighted by atomic mass is 16.5. The summed E-state index contributed by atoms with van der Waals surface area (Å²) in [6.45, 7) is 0.811. The van der Waals surface area contributed by atoms with Gasteiger partial charge in [0, 0.05) is 17.8 Å². The normalized spacial score (nSPS) is 9.11. The maximum Gasteiger partial charge on any atom is 0.203 e. The average molecular weight is 259 g/mol. The smallest absolute Gasteiger partial charge is 0.203 e. The van der Waals surface area contributed by atoms with E-state index >= 15 is 0 Å². The van der Waals surface area contributed by atoms with E-state index in [-0.39, 0.29) is 0 Å². The van der Waals surface area contributed by atoms with Gasteiger partial charge in [-0.05, 0) is 0 Å². The Bertz CT molecular complexity index is 470. The number of nitrogens with zero attached hydrogens (tertiary/aromatic N) is 1. The first-order valence-corrected chi connectivity index (χ1v) is 5.63. The van der Waals surface area contributed by atoms with Crippen LogP contribution in [0.15, 0.2) is 12.1 Å². The molecule has 0 bridgehead atoms. The largest absolute Gasteiger partial charge is 0.493 e. The molecule has 0 atom stereocenters. The Morgan fingerprint density at radius 1 is 0.947 bits per heavy atom. The highest BCUT2D eigenvalue weighted by Crippen LogP contribution is 2.40. The minimum Gasteiger partial charge on any atom is -0.493 e. The lowest BCUT2D eigenvalue weighted by Gasteiger charge is -2.22. The van der Waals surface area contributed by atoms with Crippen LogP contribution in [0.2, 0.25) is 0 Å². The molecule has 19 heavy (non-hydrogen) atoms. The third-order valence-electron chi connectivity index (χ3n) is 2.58. The fraction of sp³-hybridized carbons (Fsp3) is 0.333. The van der Waals surface area contributed by atoms with E-state index in [1.54, 1.807) is 21.3 Å².